The third-order valence-corrected chi connectivity index (χ3v) is 5.21. The number of anilines is 1. The summed E-state index contributed by atoms with van der Waals surface area (Å²) in [6.45, 7) is 6.31. The van der Waals surface area contributed by atoms with E-state index in [9.17, 15) is 13.2 Å². The number of benzene rings is 2. The van der Waals surface area contributed by atoms with Crippen LogP contribution in [-0.4, -0.2) is 20.9 Å². The fourth-order valence-electron chi connectivity index (χ4n) is 2.41. The molecule has 0 radical (unpaired) electrons. The highest BCUT2D eigenvalue weighted by Crippen LogP contribution is 2.30. The molecule has 0 aliphatic rings. The number of carbonyl (C=O) groups is 1. The molecular formula is C19H24N2O4S. The number of para-hydroxylation sites is 1. The lowest BCUT2D eigenvalue weighted by Gasteiger charge is -2.16. The van der Waals surface area contributed by atoms with Crippen LogP contribution in [0.4, 0.5) is 5.69 Å². The van der Waals surface area contributed by atoms with Crippen molar-refractivity contribution in [1.29, 1.82) is 0 Å². The van der Waals surface area contributed by atoms with Crippen molar-refractivity contribution in [3.8, 4) is 5.75 Å². The zero-order valence-electron chi connectivity index (χ0n) is 15.2. The monoisotopic (exact) mass is 376 g/mol. The number of hydrogen-bond acceptors (Lipinski definition) is 4. The first kappa shape index (κ1) is 19.8. The maximum Gasteiger partial charge on any atom is 0.265 e. The molecule has 26 heavy (non-hydrogen) atoms. The molecule has 3 N–H and O–H groups in total. The van der Waals surface area contributed by atoms with E-state index in [4.69, 9.17) is 10.5 Å². The van der Waals surface area contributed by atoms with Crippen molar-refractivity contribution in [3.05, 3.63) is 53.6 Å². The lowest BCUT2D eigenvalue weighted by molar-refractivity contribution is 0.100. The molecule has 0 unspecified atom stereocenters. The van der Waals surface area contributed by atoms with Crippen LogP contribution in [0.2, 0.25) is 0 Å². The number of rotatable bonds is 8. The van der Waals surface area contributed by atoms with Gasteiger partial charge in [-0.05, 0) is 42.2 Å². The molecule has 0 bridgehead atoms. The van der Waals surface area contributed by atoms with Gasteiger partial charge in [-0.1, -0.05) is 39.0 Å². The summed E-state index contributed by atoms with van der Waals surface area (Å²) < 4.78 is 34.1. The van der Waals surface area contributed by atoms with Crippen LogP contribution >= 0.6 is 0 Å². The molecule has 1 amide bonds. The van der Waals surface area contributed by atoms with E-state index >= 15 is 0 Å². The van der Waals surface area contributed by atoms with Crippen LogP contribution in [-0.2, 0) is 10.0 Å². The van der Waals surface area contributed by atoms with Gasteiger partial charge >= 0.3 is 0 Å². The second-order valence-electron chi connectivity index (χ2n) is 6.22. The molecule has 0 saturated heterocycles. The van der Waals surface area contributed by atoms with Gasteiger partial charge in [0, 0.05) is 0 Å². The van der Waals surface area contributed by atoms with Gasteiger partial charge in [0.2, 0.25) is 0 Å². The molecule has 7 heteroatoms. The van der Waals surface area contributed by atoms with Gasteiger partial charge in [0.05, 0.1) is 17.9 Å². The van der Waals surface area contributed by atoms with Crippen LogP contribution in [0.1, 0.15) is 49.0 Å². The molecule has 0 aromatic heterocycles. The molecule has 0 atom stereocenters. The topological polar surface area (TPSA) is 98.5 Å². The Morgan fingerprint density at radius 2 is 1.88 bits per heavy atom. The summed E-state index contributed by atoms with van der Waals surface area (Å²) in [7, 11) is -3.97. The summed E-state index contributed by atoms with van der Waals surface area (Å²) in [5, 5.41) is 0. The Kier molecular flexibility index (Phi) is 6.26. The van der Waals surface area contributed by atoms with E-state index in [0.717, 1.165) is 12.0 Å². The first-order chi connectivity index (χ1) is 12.3. The average molecular weight is 376 g/mol. The van der Waals surface area contributed by atoms with Crippen molar-refractivity contribution in [1.82, 2.24) is 0 Å². The molecule has 2 aromatic carbocycles. The Labute approximate surface area is 154 Å². The number of nitrogens with two attached hydrogens (primary N) is 1. The standard InChI is InChI=1S/C19H24N2O4S/c1-4-11-25-17-10-9-14(13(2)3)12-18(17)26(23,24)21-16-8-6-5-7-15(16)19(20)22/h5-10,12-13,21H,4,11H2,1-3H3,(H2,20,22). The van der Waals surface area contributed by atoms with E-state index in [1.807, 2.05) is 26.8 Å². The van der Waals surface area contributed by atoms with Gasteiger partial charge in [0.25, 0.3) is 15.9 Å². The van der Waals surface area contributed by atoms with Gasteiger partial charge < -0.3 is 10.5 Å². The van der Waals surface area contributed by atoms with Gasteiger partial charge in [0.15, 0.2) is 0 Å². The van der Waals surface area contributed by atoms with Crippen LogP contribution in [0.25, 0.3) is 0 Å². The van der Waals surface area contributed by atoms with E-state index in [-0.39, 0.29) is 27.8 Å². The summed E-state index contributed by atoms with van der Waals surface area (Å²) in [5.74, 6) is -0.274. The number of ether oxygens (including phenoxy) is 1. The Bertz CT molecular complexity index is 892. The summed E-state index contributed by atoms with van der Waals surface area (Å²) in [6, 6.07) is 11.3. The fraction of sp³-hybridized carbons (Fsp3) is 0.316. The second kappa shape index (κ2) is 8.23. The highest BCUT2D eigenvalue weighted by Gasteiger charge is 2.23. The van der Waals surface area contributed by atoms with Crippen molar-refractivity contribution >= 4 is 21.6 Å². The molecule has 0 saturated carbocycles. The van der Waals surface area contributed by atoms with Crippen molar-refractivity contribution in [2.75, 3.05) is 11.3 Å². The summed E-state index contributed by atoms with van der Waals surface area (Å²) in [6.07, 6.45) is 0.753. The Hall–Kier alpha value is -2.54. The second-order valence-corrected chi connectivity index (χ2v) is 7.88. The minimum Gasteiger partial charge on any atom is -0.492 e. The Morgan fingerprint density at radius 1 is 1.19 bits per heavy atom. The zero-order chi connectivity index (χ0) is 19.3. The number of carbonyl (C=O) groups excluding carboxylic acids is 1. The van der Waals surface area contributed by atoms with Crippen LogP contribution in [0.3, 0.4) is 0 Å². The number of sulfonamides is 1. The minimum absolute atomic E-state index is 0.0384. The van der Waals surface area contributed by atoms with Crippen LogP contribution < -0.4 is 15.2 Å². The van der Waals surface area contributed by atoms with Crippen LogP contribution in [0.15, 0.2) is 47.4 Å². The Balaban J connectivity index is 2.50. The lowest BCUT2D eigenvalue weighted by atomic mass is 10.0. The highest BCUT2D eigenvalue weighted by molar-refractivity contribution is 7.92. The minimum atomic E-state index is -3.97. The molecule has 0 aliphatic heterocycles. The molecule has 2 aromatic rings. The van der Waals surface area contributed by atoms with Gasteiger partial charge in [-0.2, -0.15) is 0 Å². The third-order valence-electron chi connectivity index (χ3n) is 3.82. The number of primary amides is 1. The normalized spacial score (nSPS) is 11.4. The molecule has 0 heterocycles. The van der Waals surface area contributed by atoms with Gasteiger partial charge in [-0.25, -0.2) is 8.42 Å². The quantitative estimate of drug-likeness (QED) is 0.736. The summed E-state index contributed by atoms with van der Waals surface area (Å²) >= 11 is 0. The molecule has 0 fully saturated rings. The molecule has 2 rings (SSSR count). The molecule has 6 nitrogen and oxygen atoms in total. The molecule has 0 aliphatic carbocycles. The predicted octanol–water partition coefficient (Wildman–Crippen LogP) is 3.50. The zero-order valence-corrected chi connectivity index (χ0v) is 16.0. The van der Waals surface area contributed by atoms with Crippen molar-refractivity contribution < 1.29 is 17.9 Å². The molecular weight excluding hydrogens is 352 g/mol. The first-order valence-corrected chi connectivity index (χ1v) is 9.93. The first-order valence-electron chi connectivity index (χ1n) is 8.44. The van der Waals surface area contributed by atoms with Crippen molar-refractivity contribution in [2.24, 2.45) is 5.73 Å². The summed E-state index contributed by atoms with van der Waals surface area (Å²) in [4.78, 5) is 11.6. The van der Waals surface area contributed by atoms with E-state index in [1.165, 1.54) is 12.1 Å². The van der Waals surface area contributed by atoms with E-state index in [2.05, 4.69) is 4.72 Å². The average Bonchev–Trinajstić information content (AvgIpc) is 2.59. The SMILES string of the molecule is CCCOc1ccc(C(C)C)cc1S(=O)(=O)Nc1ccccc1C(N)=O. The largest absolute Gasteiger partial charge is 0.492 e. The maximum absolute atomic E-state index is 13.0. The van der Waals surface area contributed by atoms with E-state index < -0.39 is 15.9 Å². The van der Waals surface area contributed by atoms with Crippen LogP contribution in [0, 0.1) is 0 Å². The summed E-state index contributed by atoms with van der Waals surface area (Å²) in [5.41, 5.74) is 6.45. The fourth-order valence-corrected chi connectivity index (χ4v) is 3.67. The predicted molar refractivity (Wildman–Crippen MR) is 102 cm³/mol. The maximum atomic E-state index is 13.0. The molecule has 140 valence electrons. The van der Waals surface area contributed by atoms with Gasteiger partial charge in [-0.15, -0.1) is 0 Å². The smallest absolute Gasteiger partial charge is 0.265 e. The van der Waals surface area contributed by atoms with Gasteiger partial charge in [0.1, 0.15) is 10.6 Å². The number of amides is 1. The van der Waals surface area contributed by atoms with Gasteiger partial charge in [-0.3, -0.25) is 9.52 Å². The molecule has 0 spiro atoms. The lowest BCUT2D eigenvalue weighted by Crippen LogP contribution is -2.19. The van der Waals surface area contributed by atoms with Crippen LogP contribution in [0.5, 0.6) is 5.75 Å². The third kappa shape index (κ3) is 4.54. The van der Waals surface area contributed by atoms with E-state index in [1.54, 1.807) is 24.3 Å². The Morgan fingerprint density at radius 3 is 2.50 bits per heavy atom. The van der Waals surface area contributed by atoms with E-state index in [0.29, 0.717) is 6.61 Å². The number of nitrogens with one attached hydrogen (secondary N) is 1. The van der Waals surface area contributed by atoms with Crippen molar-refractivity contribution in [2.45, 2.75) is 38.0 Å². The number of hydrogen-bond donors (Lipinski definition) is 2. The van der Waals surface area contributed by atoms with Crippen molar-refractivity contribution in [3.63, 3.8) is 0 Å². The highest BCUT2D eigenvalue weighted by atomic mass is 32.2.